The van der Waals surface area contributed by atoms with Crippen LogP contribution in [0.3, 0.4) is 0 Å². The van der Waals surface area contributed by atoms with E-state index in [2.05, 4.69) is 0 Å². The summed E-state index contributed by atoms with van der Waals surface area (Å²) < 4.78 is 25.1. The Balaban J connectivity index is 2.14. The predicted molar refractivity (Wildman–Crippen MR) is 87.4 cm³/mol. The van der Waals surface area contributed by atoms with E-state index in [-0.39, 0.29) is 10.8 Å². The molecule has 0 unspecified atom stereocenters. The first-order chi connectivity index (χ1) is 10.3. The second kappa shape index (κ2) is 6.60. The molecule has 1 heterocycles. The number of hydrogen-bond acceptors (Lipinski definition) is 4. The maximum atomic E-state index is 12.3. The number of nitrogens with zero attached hydrogens (tertiary/aromatic N) is 2. The average Bonchev–Trinajstić information content (AvgIpc) is 2.99. The maximum Gasteiger partial charge on any atom is 0.253 e. The Hall–Kier alpha value is -1.70. The standard InChI is InChI=1S/C15H18N2O3S2/c1-16(2)22(19,20)14-8-6-12(7-9-14)15(18)17(3)11-13-5-4-10-21-13/h4-10H,11H2,1-3H3. The van der Waals surface area contributed by atoms with Crippen LogP contribution in [-0.2, 0) is 16.6 Å². The highest BCUT2D eigenvalue weighted by Crippen LogP contribution is 2.16. The number of thiophene rings is 1. The summed E-state index contributed by atoms with van der Waals surface area (Å²) in [5.41, 5.74) is 0.469. The van der Waals surface area contributed by atoms with Crippen molar-refractivity contribution in [1.82, 2.24) is 9.21 Å². The lowest BCUT2D eigenvalue weighted by Gasteiger charge is -2.17. The topological polar surface area (TPSA) is 57.7 Å². The summed E-state index contributed by atoms with van der Waals surface area (Å²) in [4.78, 5) is 15.2. The minimum absolute atomic E-state index is 0.137. The van der Waals surface area contributed by atoms with E-state index in [0.717, 1.165) is 9.18 Å². The summed E-state index contributed by atoms with van der Waals surface area (Å²) >= 11 is 1.59. The van der Waals surface area contributed by atoms with Gasteiger partial charge in [-0.2, -0.15) is 0 Å². The van der Waals surface area contributed by atoms with Gasteiger partial charge in [0.2, 0.25) is 10.0 Å². The van der Waals surface area contributed by atoms with Gasteiger partial charge < -0.3 is 4.90 Å². The van der Waals surface area contributed by atoms with E-state index >= 15 is 0 Å². The zero-order chi connectivity index (χ0) is 16.3. The molecule has 0 saturated heterocycles. The van der Waals surface area contributed by atoms with E-state index in [0.29, 0.717) is 12.1 Å². The molecule has 118 valence electrons. The highest BCUT2D eigenvalue weighted by molar-refractivity contribution is 7.89. The number of amides is 1. The molecule has 1 amide bonds. The quantitative estimate of drug-likeness (QED) is 0.840. The van der Waals surface area contributed by atoms with E-state index in [1.807, 2.05) is 17.5 Å². The normalized spacial score (nSPS) is 11.6. The van der Waals surface area contributed by atoms with Crippen molar-refractivity contribution >= 4 is 27.3 Å². The Morgan fingerprint density at radius 3 is 2.23 bits per heavy atom. The van der Waals surface area contributed by atoms with E-state index in [4.69, 9.17) is 0 Å². The third-order valence-corrected chi connectivity index (χ3v) is 5.89. The smallest absolute Gasteiger partial charge is 0.253 e. The fraction of sp³-hybridized carbons (Fsp3) is 0.267. The highest BCUT2D eigenvalue weighted by atomic mass is 32.2. The molecule has 0 N–H and O–H groups in total. The summed E-state index contributed by atoms with van der Waals surface area (Å²) in [7, 11) is 1.21. The van der Waals surface area contributed by atoms with Crippen molar-refractivity contribution in [2.24, 2.45) is 0 Å². The lowest BCUT2D eigenvalue weighted by Crippen LogP contribution is -2.26. The summed E-state index contributed by atoms with van der Waals surface area (Å²) in [6.45, 7) is 0.536. The number of benzene rings is 1. The first kappa shape index (κ1) is 16.7. The molecular weight excluding hydrogens is 320 g/mol. The van der Waals surface area contributed by atoms with E-state index < -0.39 is 10.0 Å². The molecule has 2 aromatic rings. The van der Waals surface area contributed by atoms with Gasteiger partial charge in [-0.15, -0.1) is 11.3 Å². The average molecular weight is 338 g/mol. The van der Waals surface area contributed by atoms with E-state index in [1.165, 1.54) is 26.2 Å². The van der Waals surface area contributed by atoms with Crippen LogP contribution in [0, 0.1) is 0 Å². The second-order valence-electron chi connectivity index (χ2n) is 5.05. The Morgan fingerprint density at radius 2 is 1.73 bits per heavy atom. The van der Waals surface area contributed by atoms with Crippen molar-refractivity contribution in [1.29, 1.82) is 0 Å². The lowest BCUT2D eigenvalue weighted by atomic mass is 10.2. The second-order valence-corrected chi connectivity index (χ2v) is 8.24. The molecule has 0 aliphatic heterocycles. The number of rotatable bonds is 5. The van der Waals surface area contributed by atoms with Gasteiger partial charge in [-0.25, -0.2) is 12.7 Å². The molecule has 0 saturated carbocycles. The Kier molecular flexibility index (Phi) is 5.00. The van der Waals surface area contributed by atoms with Gasteiger partial charge in [-0.1, -0.05) is 6.07 Å². The molecule has 0 atom stereocenters. The van der Waals surface area contributed by atoms with Crippen LogP contribution in [0.4, 0.5) is 0 Å². The third-order valence-electron chi connectivity index (χ3n) is 3.20. The molecule has 5 nitrogen and oxygen atoms in total. The van der Waals surface area contributed by atoms with Crippen molar-refractivity contribution in [2.45, 2.75) is 11.4 Å². The Morgan fingerprint density at radius 1 is 1.09 bits per heavy atom. The molecule has 0 aliphatic carbocycles. The van der Waals surface area contributed by atoms with Crippen LogP contribution in [0.5, 0.6) is 0 Å². The van der Waals surface area contributed by atoms with Crippen LogP contribution >= 0.6 is 11.3 Å². The molecule has 0 spiro atoms. The molecular formula is C15H18N2O3S2. The SMILES string of the molecule is CN(Cc1cccs1)C(=O)c1ccc(S(=O)(=O)N(C)C)cc1. The van der Waals surface area contributed by atoms with Crippen molar-refractivity contribution in [3.05, 3.63) is 52.2 Å². The van der Waals surface area contributed by atoms with Gasteiger partial charge in [0, 0.05) is 31.6 Å². The molecule has 0 aliphatic rings. The van der Waals surface area contributed by atoms with Gasteiger partial charge in [-0.05, 0) is 35.7 Å². The zero-order valence-electron chi connectivity index (χ0n) is 12.7. The molecule has 22 heavy (non-hydrogen) atoms. The first-order valence-electron chi connectivity index (χ1n) is 6.63. The van der Waals surface area contributed by atoms with Crippen LogP contribution in [0.1, 0.15) is 15.2 Å². The molecule has 0 radical (unpaired) electrons. The Bertz CT molecular complexity index is 736. The van der Waals surface area contributed by atoms with Crippen molar-refractivity contribution in [3.63, 3.8) is 0 Å². The van der Waals surface area contributed by atoms with Crippen LogP contribution in [0.25, 0.3) is 0 Å². The van der Waals surface area contributed by atoms with Gasteiger partial charge in [0.25, 0.3) is 5.91 Å². The zero-order valence-corrected chi connectivity index (χ0v) is 14.3. The predicted octanol–water partition coefficient (Wildman–Crippen LogP) is 2.27. The number of carbonyl (C=O) groups is 1. The van der Waals surface area contributed by atoms with Gasteiger partial charge in [0.1, 0.15) is 0 Å². The summed E-state index contributed by atoms with van der Waals surface area (Å²) in [5.74, 6) is -0.137. The lowest BCUT2D eigenvalue weighted by molar-refractivity contribution is 0.0786. The monoisotopic (exact) mass is 338 g/mol. The molecule has 2 rings (SSSR count). The summed E-state index contributed by atoms with van der Waals surface area (Å²) in [6, 6.07) is 9.93. The highest BCUT2D eigenvalue weighted by Gasteiger charge is 2.18. The van der Waals surface area contributed by atoms with Gasteiger partial charge >= 0.3 is 0 Å². The number of hydrogen-bond donors (Lipinski definition) is 0. The fourth-order valence-electron chi connectivity index (χ4n) is 1.91. The summed E-state index contributed by atoms with van der Waals surface area (Å²) in [6.07, 6.45) is 0. The van der Waals surface area contributed by atoms with Crippen LogP contribution in [0.2, 0.25) is 0 Å². The van der Waals surface area contributed by atoms with Crippen LogP contribution in [-0.4, -0.2) is 44.7 Å². The van der Waals surface area contributed by atoms with Crippen molar-refractivity contribution in [2.75, 3.05) is 21.1 Å². The Labute approximate surface area is 134 Å². The van der Waals surface area contributed by atoms with Crippen LogP contribution < -0.4 is 0 Å². The van der Waals surface area contributed by atoms with Crippen LogP contribution in [0.15, 0.2) is 46.7 Å². The molecule has 0 bridgehead atoms. The molecule has 1 aromatic carbocycles. The van der Waals surface area contributed by atoms with Gasteiger partial charge in [0.15, 0.2) is 0 Å². The third kappa shape index (κ3) is 3.55. The molecule has 1 aromatic heterocycles. The number of carbonyl (C=O) groups excluding carboxylic acids is 1. The minimum atomic E-state index is -3.47. The van der Waals surface area contributed by atoms with E-state index in [9.17, 15) is 13.2 Å². The first-order valence-corrected chi connectivity index (χ1v) is 8.95. The fourth-order valence-corrected chi connectivity index (χ4v) is 3.57. The molecule has 7 heteroatoms. The van der Waals surface area contributed by atoms with Crippen molar-refractivity contribution in [3.8, 4) is 0 Å². The van der Waals surface area contributed by atoms with E-state index in [1.54, 1.807) is 35.4 Å². The van der Waals surface area contributed by atoms with Gasteiger partial charge in [-0.3, -0.25) is 4.79 Å². The minimum Gasteiger partial charge on any atom is -0.337 e. The maximum absolute atomic E-state index is 12.3. The largest absolute Gasteiger partial charge is 0.337 e. The molecule has 0 fully saturated rings. The summed E-state index contributed by atoms with van der Waals surface area (Å²) in [5, 5.41) is 1.97. The number of sulfonamides is 1. The van der Waals surface area contributed by atoms with Crippen molar-refractivity contribution < 1.29 is 13.2 Å². The van der Waals surface area contributed by atoms with Gasteiger partial charge in [0.05, 0.1) is 11.4 Å².